The van der Waals surface area contributed by atoms with E-state index in [1.165, 1.54) is 23.6 Å². The molecule has 6 nitrogen and oxygen atoms in total. The highest BCUT2D eigenvalue weighted by Gasteiger charge is 2.19. The Hall–Kier alpha value is -3.00. The zero-order chi connectivity index (χ0) is 20.8. The lowest BCUT2D eigenvalue weighted by Crippen LogP contribution is -2.14. The fraction of sp³-hybridized carbons (Fsp3) is 0.286. The van der Waals surface area contributed by atoms with Crippen molar-refractivity contribution in [1.82, 2.24) is 4.98 Å². The minimum Gasteiger partial charge on any atom is -0.462 e. The first-order valence-electron chi connectivity index (χ1n) is 9.31. The highest BCUT2D eigenvalue weighted by Crippen LogP contribution is 2.30. The Balaban J connectivity index is 1.63. The number of carbonyl (C=O) groups excluding carboxylic acids is 2. The highest BCUT2D eigenvalue weighted by molar-refractivity contribution is 7.16. The van der Waals surface area contributed by atoms with Crippen molar-refractivity contribution in [3.63, 3.8) is 0 Å². The zero-order valence-corrected chi connectivity index (χ0v) is 17.0. The molecule has 0 bridgehead atoms. The first-order chi connectivity index (χ1) is 14.0. The van der Waals surface area contributed by atoms with E-state index in [4.69, 9.17) is 9.15 Å². The molecule has 0 atom stereocenters. The van der Waals surface area contributed by atoms with Crippen molar-refractivity contribution >= 4 is 28.2 Å². The molecule has 0 aliphatic carbocycles. The van der Waals surface area contributed by atoms with Gasteiger partial charge in [0.05, 0.1) is 23.9 Å². The van der Waals surface area contributed by atoms with Gasteiger partial charge in [0.2, 0.25) is 5.91 Å². The number of thiophene rings is 1. The third-order valence-electron chi connectivity index (χ3n) is 4.14. The fourth-order valence-electron chi connectivity index (χ4n) is 2.69. The van der Waals surface area contributed by atoms with Crippen molar-refractivity contribution in [1.29, 1.82) is 0 Å². The number of ether oxygens (including phenoxy) is 1. The van der Waals surface area contributed by atoms with Crippen molar-refractivity contribution < 1.29 is 23.1 Å². The quantitative estimate of drug-likeness (QED) is 0.531. The van der Waals surface area contributed by atoms with E-state index in [9.17, 15) is 14.0 Å². The number of aryl methyl sites for hydroxylation is 2. The lowest BCUT2D eigenvalue weighted by atomic mass is 10.2. The molecule has 1 amide bonds. The van der Waals surface area contributed by atoms with Gasteiger partial charge in [-0.15, -0.1) is 11.3 Å². The molecule has 0 radical (unpaired) electrons. The number of amides is 1. The number of nitrogens with one attached hydrogen (secondary N) is 1. The van der Waals surface area contributed by atoms with Gasteiger partial charge in [0.15, 0.2) is 11.7 Å². The molecule has 0 spiro atoms. The molecule has 0 aliphatic rings. The van der Waals surface area contributed by atoms with Crippen LogP contribution < -0.4 is 5.32 Å². The molecule has 1 N–H and O–H groups in total. The van der Waals surface area contributed by atoms with Crippen LogP contribution in [0.25, 0.3) is 11.3 Å². The number of hydrogen-bond donors (Lipinski definition) is 1. The Kier molecular flexibility index (Phi) is 6.77. The Morgan fingerprint density at radius 3 is 2.79 bits per heavy atom. The molecular formula is C21H21FN2O4S. The largest absolute Gasteiger partial charge is 0.462 e. The van der Waals surface area contributed by atoms with Gasteiger partial charge < -0.3 is 14.5 Å². The summed E-state index contributed by atoms with van der Waals surface area (Å²) in [5, 5.41) is 3.25. The monoisotopic (exact) mass is 416 g/mol. The number of nitrogens with zero attached hydrogens (tertiary/aromatic N) is 1. The molecule has 29 heavy (non-hydrogen) atoms. The molecule has 3 rings (SSSR count). The van der Waals surface area contributed by atoms with Crippen LogP contribution in [-0.2, 0) is 22.4 Å². The van der Waals surface area contributed by atoms with E-state index in [0.29, 0.717) is 27.8 Å². The predicted octanol–water partition coefficient (Wildman–Crippen LogP) is 4.85. The van der Waals surface area contributed by atoms with Crippen LogP contribution in [0.15, 0.2) is 40.9 Å². The summed E-state index contributed by atoms with van der Waals surface area (Å²) in [6.45, 7) is 3.97. The molecular weight excluding hydrogens is 395 g/mol. The number of esters is 1. The summed E-state index contributed by atoms with van der Waals surface area (Å²) in [7, 11) is 0. The second kappa shape index (κ2) is 9.47. The second-order valence-electron chi connectivity index (χ2n) is 6.18. The number of rotatable bonds is 8. The highest BCUT2D eigenvalue weighted by atomic mass is 32.1. The summed E-state index contributed by atoms with van der Waals surface area (Å²) >= 11 is 1.35. The molecule has 0 aliphatic heterocycles. The Labute approximate surface area is 171 Å². The zero-order valence-electron chi connectivity index (χ0n) is 16.2. The minimum atomic E-state index is -0.457. The van der Waals surface area contributed by atoms with E-state index >= 15 is 0 Å². The van der Waals surface area contributed by atoms with Gasteiger partial charge in [-0.2, -0.15) is 0 Å². The maximum Gasteiger partial charge on any atom is 0.341 e. The van der Waals surface area contributed by atoms with Gasteiger partial charge in [0.1, 0.15) is 10.8 Å². The van der Waals surface area contributed by atoms with Crippen LogP contribution in [0.5, 0.6) is 0 Å². The van der Waals surface area contributed by atoms with Crippen molar-refractivity contribution in [3.05, 3.63) is 58.7 Å². The van der Waals surface area contributed by atoms with Crippen molar-refractivity contribution in [2.45, 2.75) is 33.1 Å². The first-order valence-corrected chi connectivity index (χ1v) is 10.1. The molecule has 0 unspecified atom stereocenters. The van der Waals surface area contributed by atoms with Crippen LogP contribution in [-0.4, -0.2) is 23.5 Å². The molecule has 2 aromatic heterocycles. The Morgan fingerprint density at radius 1 is 1.28 bits per heavy atom. The Morgan fingerprint density at radius 2 is 2.07 bits per heavy atom. The Bertz CT molecular complexity index is 1010. The topological polar surface area (TPSA) is 81.4 Å². The van der Waals surface area contributed by atoms with E-state index in [2.05, 4.69) is 10.3 Å². The van der Waals surface area contributed by atoms with Gasteiger partial charge in [-0.25, -0.2) is 14.2 Å². The number of anilines is 1. The van der Waals surface area contributed by atoms with Gasteiger partial charge in [-0.05, 0) is 31.5 Å². The van der Waals surface area contributed by atoms with E-state index < -0.39 is 11.8 Å². The lowest BCUT2D eigenvalue weighted by molar-refractivity contribution is -0.116. The summed E-state index contributed by atoms with van der Waals surface area (Å²) in [6.07, 6.45) is 2.55. The minimum absolute atomic E-state index is 0.110. The van der Waals surface area contributed by atoms with Gasteiger partial charge in [-0.3, -0.25) is 4.79 Å². The van der Waals surface area contributed by atoms with E-state index in [-0.39, 0.29) is 25.4 Å². The molecule has 0 saturated carbocycles. The smallest absolute Gasteiger partial charge is 0.341 e. The molecule has 0 fully saturated rings. The summed E-state index contributed by atoms with van der Waals surface area (Å²) in [5.41, 5.74) is 0.681. The third-order valence-corrected chi connectivity index (χ3v) is 5.33. The summed E-state index contributed by atoms with van der Waals surface area (Å²) in [4.78, 5) is 29.6. The molecule has 0 saturated heterocycles. The van der Waals surface area contributed by atoms with Crippen molar-refractivity contribution in [3.8, 4) is 11.3 Å². The predicted molar refractivity (Wildman–Crippen MR) is 109 cm³/mol. The van der Waals surface area contributed by atoms with E-state index in [1.807, 2.05) is 6.92 Å². The lowest BCUT2D eigenvalue weighted by Gasteiger charge is -2.05. The number of hydrogen-bond acceptors (Lipinski definition) is 6. The average Bonchev–Trinajstić information content (AvgIpc) is 3.34. The molecule has 3 aromatic rings. The van der Waals surface area contributed by atoms with Gasteiger partial charge >= 0.3 is 5.97 Å². The maximum absolute atomic E-state index is 13.8. The molecule has 152 valence electrons. The van der Waals surface area contributed by atoms with Gasteiger partial charge in [-0.1, -0.05) is 19.1 Å². The maximum atomic E-state index is 13.8. The van der Waals surface area contributed by atoms with Crippen LogP contribution in [0.1, 0.15) is 41.4 Å². The number of oxazole rings is 1. The molecule has 8 heteroatoms. The van der Waals surface area contributed by atoms with E-state index in [1.54, 1.807) is 31.2 Å². The number of halogens is 1. The van der Waals surface area contributed by atoms with Crippen LogP contribution >= 0.6 is 11.3 Å². The van der Waals surface area contributed by atoms with Gasteiger partial charge in [0, 0.05) is 17.7 Å². The standard InChI is InChI=1S/C21H21FN2O4S/c1-3-13-11-15(21(26)27-4-2)20(29-13)24-18(25)9-10-19-23-12-17(28-19)14-7-5-6-8-16(14)22/h5-8,11-12H,3-4,9-10H2,1-2H3,(H,24,25). The molecule has 2 heterocycles. The SMILES string of the molecule is CCOC(=O)c1cc(CC)sc1NC(=O)CCc1ncc(-c2ccccc2F)o1. The van der Waals surface area contributed by atoms with Crippen LogP contribution in [0.4, 0.5) is 9.39 Å². The van der Waals surface area contributed by atoms with Crippen LogP contribution in [0, 0.1) is 5.82 Å². The third kappa shape index (κ3) is 5.08. The number of benzene rings is 1. The summed E-state index contributed by atoms with van der Waals surface area (Å²) in [5.74, 6) is -0.478. The number of aromatic nitrogens is 1. The fourth-order valence-corrected chi connectivity index (χ4v) is 3.69. The second-order valence-corrected chi connectivity index (χ2v) is 7.31. The van der Waals surface area contributed by atoms with Crippen molar-refractivity contribution in [2.24, 2.45) is 0 Å². The van der Waals surface area contributed by atoms with Gasteiger partial charge in [0.25, 0.3) is 0 Å². The van der Waals surface area contributed by atoms with Crippen LogP contribution in [0.2, 0.25) is 0 Å². The summed E-state index contributed by atoms with van der Waals surface area (Å²) < 4.78 is 24.5. The normalized spacial score (nSPS) is 10.7. The number of carbonyl (C=O) groups is 2. The molecule has 1 aromatic carbocycles. The van der Waals surface area contributed by atoms with Crippen LogP contribution in [0.3, 0.4) is 0 Å². The van der Waals surface area contributed by atoms with Crippen molar-refractivity contribution in [2.75, 3.05) is 11.9 Å². The first kappa shape index (κ1) is 20.7. The van der Waals surface area contributed by atoms with E-state index in [0.717, 1.165) is 11.3 Å². The summed E-state index contributed by atoms with van der Waals surface area (Å²) in [6, 6.07) is 8.00. The average molecular weight is 416 g/mol.